The maximum absolute atomic E-state index is 13.4. The van der Waals surface area contributed by atoms with Crippen molar-refractivity contribution in [3.8, 4) is 0 Å². The number of nitrogens with zero attached hydrogens (tertiary/aromatic N) is 4. The van der Waals surface area contributed by atoms with Crippen molar-refractivity contribution in [3.05, 3.63) is 30.1 Å². The van der Waals surface area contributed by atoms with Gasteiger partial charge in [0.2, 0.25) is 0 Å². The molecule has 4 aliphatic rings. The van der Waals surface area contributed by atoms with Crippen molar-refractivity contribution in [2.75, 3.05) is 46.4 Å². The van der Waals surface area contributed by atoms with E-state index in [1.54, 1.807) is 11.1 Å². The van der Waals surface area contributed by atoms with E-state index in [9.17, 15) is 9.59 Å². The van der Waals surface area contributed by atoms with Crippen LogP contribution in [0.4, 0.5) is 0 Å². The molecule has 0 aromatic carbocycles. The largest absolute Gasteiger partial charge is 0.368 e. The number of hydrogen-bond acceptors (Lipinski definition) is 6. The van der Waals surface area contributed by atoms with Crippen LogP contribution < -0.4 is 0 Å². The van der Waals surface area contributed by atoms with Crippen molar-refractivity contribution in [3.63, 3.8) is 0 Å². The van der Waals surface area contributed by atoms with Crippen molar-refractivity contribution >= 4 is 11.8 Å². The number of pyridine rings is 1. The average molecular weight is 443 g/mol. The number of morpholine rings is 1. The Balaban J connectivity index is 1.27. The molecular weight excluding hydrogens is 408 g/mol. The zero-order valence-electron chi connectivity index (χ0n) is 18.9. The molecule has 1 saturated carbocycles. The summed E-state index contributed by atoms with van der Waals surface area (Å²) in [4.78, 5) is 36.6. The van der Waals surface area contributed by atoms with Gasteiger partial charge in [-0.1, -0.05) is 6.07 Å². The van der Waals surface area contributed by atoms with Crippen LogP contribution in [-0.2, 0) is 25.6 Å². The number of carbonyl (C=O) groups excluding carboxylic acids is 2. The predicted octanol–water partition coefficient (Wildman–Crippen LogP) is 1.30. The number of aromatic nitrogens is 1. The third-order valence-corrected chi connectivity index (χ3v) is 7.15. The molecule has 0 N–H and O–H groups in total. The highest BCUT2D eigenvalue weighted by atomic mass is 16.5. The van der Waals surface area contributed by atoms with Crippen molar-refractivity contribution in [2.24, 2.45) is 5.92 Å². The second kappa shape index (κ2) is 9.08. The fourth-order valence-corrected chi connectivity index (χ4v) is 5.31. The van der Waals surface area contributed by atoms with Crippen LogP contribution in [0.25, 0.3) is 0 Å². The first-order valence-electron chi connectivity index (χ1n) is 12.0. The topological polar surface area (TPSA) is 75.2 Å². The molecule has 3 atom stereocenters. The van der Waals surface area contributed by atoms with E-state index in [1.807, 2.05) is 30.1 Å². The van der Waals surface area contributed by atoms with Crippen LogP contribution in [0.1, 0.15) is 37.8 Å². The summed E-state index contributed by atoms with van der Waals surface area (Å²) in [6, 6.07) is 5.74. The minimum Gasteiger partial charge on any atom is -0.368 e. The van der Waals surface area contributed by atoms with E-state index >= 15 is 0 Å². The Morgan fingerprint density at radius 1 is 1.22 bits per heavy atom. The molecule has 1 aromatic rings. The van der Waals surface area contributed by atoms with Gasteiger partial charge in [-0.15, -0.1) is 0 Å². The Hall–Kier alpha value is -2.03. The molecule has 0 radical (unpaired) electrons. The van der Waals surface area contributed by atoms with Gasteiger partial charge in [-0.25, -0.2) is 0 Å². The lowest BCUT2D eigenvalue weighted by Crippen LogP contribution is -2.61. The number of amides is 2. The summed E-state index contributed by atoms with van der Waals surface area (Å²) in [5.41, 5.74) is 0.381. The maximum Gasteiger partial charge on any atom is 0.253 e. The van der Waals surface area contributed by atoms with Gasteiger partial charge in [0.25, 0.3) is 11.8 Å². The van der Waals surface area contributed by atoms with E-state index in [2.05, 4.69) is 9.88 Å². The van der Waals surface area contributed by atoms with Crippen LogP contribution in [-0.4, -0.2) is 95.7 Å². The summed E-state index contributed by atoms with van der Waals surface area (Å²) in [6.07, 6.45) is 5.97. The van der Waals surface area contributed by atoms with E-state index in [0.717, 1.165) is 44.0 Å². The molecule has 0 unspecified atom stereocenters. The van der Waals surface area contributed by atoms with Crippen LogP contribution in [0.5, 0.6) is 0 Å². The lowest BCUT2D eigenvalue weighted by atomic mass is 9.98. The average Bonchev–Trinajstić information content (AvgIpc) is 3.27. The molecule has 5 rings (SSSR count). The molecule has 1 aromatic heterocycles. The maximum atomic E-state index is 13.4. The molecule has 2 amide bonds. The van der Waals surface area contributed by atoms with Gasteiger partial charge in [-0.2, -0.15) is 0 Å². The van der Waals surface area contributed by atoms with Crippen molar-refractivity contribution in [1.82, 2.24) is 19.7 Å². The van der Waals surface area contributed by atoms with Gasteiger partial charge < -0.3 is 19.3 Å². The molecule has 1 aliphatic carbocycles. The van der Waals surface area contributed by atoms with E-state index < -0.39 is 11.7 Å². The van der Waals surface area contributed by atoms with Gasteiger partial charge in [0.15, 0.2) is 0 Å². The summed E-state index contributed by atoms with van der Waals surface area (Å²) < 4.78 is 12.2. The minimum atomic E-state index is -0.519. The molecular formula is C24H34N4O4. The molecule has 4 heterocycles. The molecule has 8 nitrogen and oxygen atoms in total. The van der Waals surface area contributed by atoms with E-state index in [4.69, 9.17) is 9.47 Å². The summed E-state index contributed by atoms with van der Waals surface area (Å²) in [5.74, 6) is 0.801. The Kier molecular flexibility index (Phi) is 6.18. The first-order valence-corrected chi connectivity index (χ1v) is 12.0. The first kappa shape index (κ1) is 21.8. The van der Waals surface area contributed by atoms with Crippen molar-refractivity contribution in [2.45, 2.75) is 56.5 Å². The van der Waals surface area contributed by atoms with Crippen molar-refractivity contribution in [1.29, 1.82) is 0 Å². The molecule has 3 aliphatic heterocycles. The summed E-state index contributed by atoms with van der Waals surface area (Å²) in [6.45, 7) is 4.74. The van der Waals surface area contributed by atoms with Crippen LogP contribution in [0.3, 0.4) is 0 Å². The lowest BCUT2D eigenvalue weighted by molar-refractivity contribution is -0.178. The van der Waals surface area contributed by atoms with Crippen LogP contribution in [0.15, 0.2) is 24.4 Å². The molecule has 1 spiro atoms. The standard InChI is InChI=1S/C24H34N4O4/c1-26(14-19-5-2-3-10-25-19)22(29)21-15-27(13-18-7-8-18)16-24(32-21)9-11-28(17-24)23(30)20-6-4-12-31-20/h2-3,5,10,18,20-21H,4,6-9,11-17H2,1H3/t20-,21-,24-/m0/s1. The smallest absolute Gasteiger partial charge is 0.253 e. The number of hydrogen-bond donors (Lipinski definition) is 0. The number of ether oxygens (including phenoxy) is 2. The van der Waals surface area contributed by atoms with E-state index in [0.29, 0.717) is 32.8 Å². The SMILES string of the molecule is CN(Cc1ccccn1)C(=O)[C@@H]1CN(CC2CC2)C[C@]2(CCN(C(=O)[C@@H]3CCCO3)C2)O1. The number of likely N-dealkylation sites (tertiary alicyclic amines) is 1. The quantitative estimate of drug-likeness (QED) is 0.661. The van der Waals surface area contributed by atoms with Gasteiger partial charge in [-0.3, -0.25) is 19.5 Å². The van der Waals surface area contributed by atoms with E-state index in [-0.39, 0.29) is 17.9 Å². The Labute approximate surface area is 189 Å². The normalized spacial score (nSPS) is 30.7. The lowest BCUT2D eigenvalue weighted by Gasteiger charge is -2.44. The molecule has 3 saturated heterocycles. The second-order valence-corrected chi connectivity index (χ2v) is 9.95. The number of likely N-dealkylation sites (N-methyl/N-ethyl adjacent to an activating group) is 1. The first-order chi connectivity index (χ1) is 15.5. The minimum absolute atomic E-state index is 0.0144. The third kappa shape index (κ3) is 4.82. The van der Waals surface area contributed by atoms with Gasteiger partial charge in [0.1, 0.15) is 17.8 Å². The highest BCUT2D eigenvalue weighted by Gasteiger charge is 2.50. The van der Waals surface area contributed by atoms with Gasteiger partial charge >= 0.3 is 0 Å². The number of carbonyl (C=O) groups is 2. The van der Waals surface area contributed by atoms with Gasteiger partial charge in [-0.05, 0) is 50.2 Å². The molecule has 174 valence electrons. The fourth-order valence-electron chi connectivity index (χ4n) is 5.31. The third-order valence-electron chi connectivity index (χ3n) is 7.15. The van der Waals surface area contributed by atoms with Crippen LogP contribution >= 0.6 is 0 Å². The van der Waals surface area contributed by atoms with Gasteiger partial charge in [0.05, 0.1) is 18.8 Å². The second-order valence-electron chi connectivity index (χ2n) is 9.95. The fraction of sp³-hybridized carbons (Fsp3) is 0.708. The Morgan fingerprint density at radius 3 is 2.81 bits per heavy atom. The van der Waals surface area contributed by atoms with Crippen LogP contribution in [0, 0.1) is 5.92 Å². The Bertz CT molecular complexity index is 827. The molecule has 0 bridgehead atoms. The van der Waals surface area contributed by atoms with Crippen LogP contribution in [0.2, 0.25) is 0 Å². The number of rotatable bonds is 6. The zero-order chi connectivity index (χ0) is 22.1. The summed E-state index contributed by atoms with van der Waals surface area (Å²) in [5, 5.41) is 0. The zero-order valence-corrected chi connectivity index (χ0v) is 18.9. The highest BCUT2D eigenvalue weighted by molar-refractivity contribution is 5.82. The molecule has 8 heteroatoms. The Morgan fingerprint density at radius 2 is 2.09 bits per heavy atom. The summed E-state index contributed by atoms with van der Waals surface area (Å²) in [7, 11) is 1.81. The predicted molar refractivity (Wildman–Crippen MR) is 118 cm³/mol. The molecule has 32 heavy (non-hydrogen) atoms. The van der Waals surface area contributed by atoms with E-state index in [1.165, 1.54) is 12.8 Å². The highest BCUT2D eigenvalue weighted by Crippen LogP contribution is 2.36. The van der Waals surface area contributed by atoms with Crippen molar-refractivity contribution < 1.29 is 19.1 Å². The summed E-state index contributed by atoms with van der Waals surface area (Å²) >= 11 is 0. The monoisotopic (exact) mass is 442 g/mol. The molecule has 4 fully saturated rings. The van der Waals surface area contributed by atoms with Gasteiger partial charge in [0, 0.05) is 46.0 Å².